The van der Waals surface area contributed by atoms with E-state index in [2.05, 4.69) is 9.97 Å². The van der Waals surface area contributed by atoms with Gasteiger partial charge in [-0.3, -0.25) is 29.4 Å². The van der Waals surface area contributed by atoms with Crippen molar-refractivity contribution in [2.45, 2.75) is 19.0 Å². The Morgan fingerprint density at radius 2 is 1.10 bits per heavy atom. The van der Waals surface area contributed by atoms with Crippen molar-refractivity contribution in [3.63, 3.8) is 0 Å². The van der Waals surface area contributed by atoms with Gasteiger partial charge in [0.15, 0.2) is 0 Å². The lowest BCUT2D eigenvalue weighted by Crippen LogP contribution is -2.43. The summed E-state index contributed by atoms with van der Waals surface area (Å²) < 4.78 is 0. The number of hydrogen-bond acceptors (Lipinski definition) is 8. The molecule has 9 nitrogen and oxygen atoms in total. The Hall–Kier alpha value is -4.60. The zero-order valence-corrected chi connectivity index (χ0v) is 22.2. The molecule has 0 saturated carbocycles. The maximum atomic E-state index is 12.5. The molecule has 0 aliphatic carbocycles. The van der Waals surface area contributed by atoms with Crippen LogP contribution in [0.1, 0.15) is 41.5 Å². The van der Waals surface area contributed by atoms with Gasteiger partial charge in [-0.15, -0.1) is 0 Å². The molecule has 0 bridgehead atoms. The van der Waals surface area contributed by atoms with Crippen LogP contribution in [0.4, 0.5) is 0 Å². The molecule has 2 atom stereocenters. The average Bonchev–Trinajstić information content (AvgIpc) is 2.94. The molecule has 2 unspecified atom stereocenters. The van der Waals surface area contributed by atoms with E-state index < -0.39 is 18.1 Å². The second-order valence-electron chi connectivity index (χ2n) is 9.47. The van der Waals surface area contributed by atoms with Crippen molar-refractivity contribution in [3.05, 3.63) is 120 Å². The van der Waals surface area contributed by atoms with Crippen molar-refractivity contribution in [2.24, 2.45) is 0 Å². The molecule has 0 radical (unpaired) electrons. The fourth-order valence-electron chi connectivity index (χ4n) is 4.91. The summed E-state index contributed by atoms with van der Waals surface area (Å²) >= 11 is 0. The van der Waals surface area contributed by atoms with Gasteiger partial charge < -0.3 is 15.3 Å². The van der Waals surface area contributed by atoms with E-state index in [1.807, 2.05) is 29.2 Å². The second-order valence-corrected chi connectivity index (χ2v) is 9.47. The topological polar surface area (TPSA) is 127 Å². The van der Waals surface area contributed by atoms with E-state index in [9.17, 15) is 24.9 Å². The van der Waals surface area contributed by atoms with Crippen molar-refractivity contribution in [2.75, 3.05) is 26.2 Å². The van der Waals surface area contributed by atoms with Crippen molar-refractivity contribution >= 4 is 11.8 Å². The minimum Gasteiger partial charge on any atom is -0.508 e. The van der Waals surface area contributed by atoms with Gasteiger partial charge >= 0.3 is 5.97 Å². The molecule has 2 heterocycles. The minimum atomic E-state index is -1.04. The maximum Gasteiger partial charge on any atom is 0.317 e. The number of hydrogen-bond donors (Lipinski definition) is 3. The molecular weight excluding hydrogens is 508 g/mol. The first kappa shape index (κ1) is 28.4. The number of Topliss-reactive ketones (excluding diaryl/α,β-unsaturated/α-hetero) is 1. The van der Waals surface area contributed by atoms with Crippen LogP contribution in [-0.4, -0.2) is 73.0 Å². The molecule has 0 aliphatic heterocycles. The average molecular weight is 541 g/mol. The number of phenolic OH excluding ortho intramolecular Hbond substituents is 2. The fourth-order valence-corrected chi connectivity index (χ4v) is 4.91. The largest absolute Gasteiger partial charge is 0.508 e. The van der Waals surface area contributed by atoms with E-state index in [1.54, 1.807) is 78.0 Å². The first-order valence-corrected chi connectivity index (χ1v) is 12.9. The van der Waals surface area contributed by atoms with Gasteiger partial charge in [0.05, 0.1) is 36.6 Å². The number of phenols is 2. The fraction of sp³-hybridized carbons (Fsp3) is 0.226. The zero-order valence-electron chi connectivity index (χ0n) is 22.2. The molecule has 0 aliphatic rings. The molecule has 2 aromatic heterocycles. The molecule has 9 heteroatoms. The number of aliphatic carboxylic acids is 1. The van der Waals surface area contributed by atoms with E-state index >= 15 is 0 Å². The summed E-state index contributed by atoms with van der Waals surface area (Å²) in [6, 6.07) is 23.3. The highest BCUT2D eigenvalue weighted by Gasteiger charge is 2.31. The number of pyridine rings is 2. The zero-order chi connectivity index (χ0) is 28.5. The maximum absolute atomic E-state index is 12.5. The molecule has 0 saturated heterocycles. The molecule has 2 aromatic carbocycles. The monoisotopic (exact) mass is 540 g/mol. The van der Waals surface area contributed by atoms with Crippen molar-refractivity contribution in [3.8, 4) is 11.5 Å². The van der Waals surface area contributed by atoms with Gasteiger partial charge in [0.2, 0.25) is 0 Å². The van der Waals surface area contributed by atoms with Crippen molar-refractivity contribution in [1.29, 1.82) is 0 Å². The Morgan fingerprint density at radius 1 is 0.675 bits per heavy atom. The first-order chi connectivity index (χ1) is 19.3. The summed E-state index contributed by atoms with van der Waals surface area (Å²) in [4.78, 5) is 37.2. The highest BCUT2D eigenvalue weighted by Crippen LogP contribution is 2.35. The molecule has 3 N–H and O–H groups in total. The Balaban J connectivity index is 1.76. The van der Waals surface area contributed by atoms with E-state index in [4.69, 9.17) is 0 Å². The summed E-state index contributed by atoms with van der Waals surface area (Å²) in [7, 11) is 0. The van der Waals surface area contributed by atoms with Crippen LogP contribution in [0.2, 0.25) is 0 Å². The summed E-state index contributed by atoms with van der Waals surface area (Å²) in [6.45, 7) is 1.64. The predicted molar refractivity (Wildman–Crippen MR) is 150 cm³/mol. The number of aromatic hydroxyl groups is 2. The molecule has 0 spiro atoms. The molecular formula is C31H32N4O5. The minimum absolute atomic E-state index is 0.0229. The van der Waals surface area contributed by atoms with Crippen LogP contribution in [0.25, 0.3) is 0 Å². The van der Waals surface area contributed by atoms with Gasteiger partial charge in [-0.2, -0.15) is 0 Å². The third-order valence-electron chi connectivity index (χ3n) is 6.57. The number of carboxylic acids is 1. The second kappa shape index (κ2) is 13.5. The van der Waals surface area contributed by atoms with Gasteiger partial charge in [-0.25, -0.2) is 0 Å². The SMILES string of the molecule is CC(=O)CN(CCN(CC(=O)O)C(c1ccccn1)c1ccccc1O)C(c1ccccn1)c1ccccc1O. The quantitative estimate of drug-likeness (QED) is 0.230. The number of carbonyl (C=O) groups excluding carboxylic acids is 1. The van der Waals surface area contributed by atoms with Crippen LogP contribution >= 0.6 is 0 Å². The first-order valence-electron chi connectivity index (χ1n) is 12.9. The number of carbonyl (C=O) groups is 2. The van der Waals surface area contributed by atoms with E-state index in [0.29, 0.717) is 22.5 Å². The number of para-hydroxylation sites is 2. The van der Waals surface area contributed by atoms with Crippen LogP contribution in [0.5, 0.6) is 11.5 Å². The van der Waals surface area contributed by atoms with Gasteiger partial charge in [0.1, 0.15) is 17.3 Å². The molecule has 4 rings (SSSR count). The number of ketones is 1. The Kier molecular flexibility index (Phi) is 9.56. The number of benzene rings is 2. The molecule has 4 aromatic rings. The standard InChI is InChI=1S/C31H32N4O5/c1-22(36)20-34(30(25-12-6-8-16-32-25)23-10-2-4-14-27(23)37)18-19-35(21-29(39)40)31(26-13-7-9-17-33-26)24-11-3-5-15-28(24)38/h2-17,30-31,37-38H,18-21H2,1H3,(H,39,40). The van der Waals surface area contributed by atoms with Gasteiger partial charge in [0.25, 0.3) is 0 Å². The van der Waals surface area contributed by atoms with Gasteiger partial charge in [-0.05, 0) is 43.3 Å². The lowest BCUT2D eigenvalue weighted by Gasteiger charge is -2.36. The molecule has 0 fully saturated rings. The van der Waals surface area contributed by atoms with Crippen molar-refractivity contribution in [1.82, 2.24) is 19.8 Å². The third-order valence-corrected chi connectivity index (χ3v) is 6.57. The lowest BCUT2D eigenvalue weighted by atomic mass is 9.98. The Labute approximate surface area is 233 Å². The third kappa shape index (κ3) is 7.07. The Morgan fingerprint density at radius 3 is 1.48 bits per heavy atom. The van der Waals surface area contributed by atoms with Gasteiger partial charge in [-0.1, -0.05) is 48.5 Å². The van der Waals surface area contributed by atoms with E-state index in [1.165, 1.54) is 6.92 Å². The number of rotatable bonds is 13. The number of aromatic nitrogens is 2. The van der Waals surface area contributed by atoms with Crippen LogP contribution < -0.4 is 0 Å². The van der Waals surface area contributed by atoms with Gasteiger partial charge in [0, 0.05) is 36.6 Å². The van der Waals surface area contributed by atoms with E-state index in [0.717, 1.165) is 0 Å². The molecule has 0 amide bonds. The van der Waals surface area contributed by atoms with Crippen LogP contribution in [0.3, 0.4) is 0 Å². The van der Waals surface area contributed by atoms with E-state index in [-0.39, 0.29) is 43.5 Å². The van der Waals surface area contributed by atoms with Crippen molar-refractivity contribution < 1.29 is 24.9 Å². The molecule has 206 valence electrons. The highest BCUT2D eigenvalue weighted by molar-refractivity contribution is 5.77. The summed E-state index contributed by atoms with van der Waals surface area (Å²) in [6.07, 6.45) is 3.28. The predicted octanol–water partition coefficient (Wildman–Crippen LogP) is 4.04. The summed E-state index contributed by atoms with van der Waals surface area (Å²) in [5, 5.41) is 31.4. The summed E-state index contributed by atoms with van der Waals surface area (Å²) in [5.41, 5.74) is 2.30. The van der Waals surface area contributed by atoms with Crippen LogP contribution in [0.15, 0.2) is 97.3 Å². The Bertz CT molecular complexity index is 1310. The smallest absolute Gasteiger partial charge is 0.317 e. The summed E-state index contributed by atoms with van der Waals surface area (Å²) in [5.74, 6) is -1.05. The number of nitrogens with zero attached hydrogens (tertiary/aromatic N) is 4. The normalized spacial score (nSPS) is 12.8. The number of carboxylic acid groups (broad SMARTS) is 1. The van der Waals surface area contributed by atoms with Crippen LogP contribution in [-0.2, 0) is 9.59 Å². The molecule has 40 heavy (non-hydrogen) atoms. The lowest BCUT2D eigenvalue weighted by molar-refractivity contribution is -0.139. The van der Waals surface area contributed by atoms with Crippen LogP contribution in [0, 0.1) is 0 Å². The highest BCUT2D eigenvalue weighted by atomic mass is 16.4.